The van der Waals surface area contributed by atoms with E-state index in [1.54, 1.807) is 7.11 Å². The number of benzene rings is 3. The SMILES string of the molecule is COc1ccc2cc(C(C)C(=O)N(CCC#N)CCc3ccccc3)ccc2c1. The van der Waals surface area contributed by atoms with Gasteiger partial charge < -0.3 is 9.64 Å². The van der Waals surface area contributed by atoms with Crippen molar-refractivity contribution in [3.63, 3.8) is 0 Å². The van der Waals surface area contributed by atoms with E-state index in [0.29, 0.717) is 19.5 Å². The van der Waals surface area contributed by atoms with Gasteiger partial charge in [0.2, 0.25) is 5.91 Å². The highest BCUT2D eigenvalue weighted by molar-refractivity contribution is 5.88. The van der Waals surface area contributed by atoms with E-state index in [9.17, 15) is 4.79 Å². The molecule has 0 bridgehead atoms. The van der Waals surface area contributed by atoms with E-state index >= 15 is 0 Å². The molecule has 3 aromatic rings. The van der Waals surface area contributed by atoms with Crippen LogP contribution in [0, 0.1) is 11.3 Å². The minimum absolute atomic E-state index is 0.0593. The first-order valence-electron chi connectivity index (χ1n) is 9.89. The van der Waals surface area contributed by atoms with Gasteiger partial charge in [-0.25, -0.2) is 0 Å². The summed E-state index contributed by atoms with van der Waals surface area (Å²) in [5.74, 6) is 0.609. The molecular weight excluding hydrogens is 360 g/mol. The van der Waals surface area contributed by atoms with Gasteiger partial charge in [-0.15, -0.1) is 0 Å². The molecule has 0 saturated carbocycles. The molecule has 1 amide bonds. The fraction of sp³-hybridized carbons (Fsp3) is 0.280. The van der Waals surface area contributed by atoms with Gasteiger partial charge in [0.1, 0.15) is 5.75 Å². The van der Waals surface area contributed by atoms with Gasteiger partial charge >= 0.3 is 0 Å². The second-order valence-electron chi connectivity index (χ2n) is 7.16. The van der Waals surface area contributed by atoms with E-state index in [-0.39, 0.29) is 11.8 Å². The van der Waals surface area contributed by atoms with Crippen molar-refractivity contribution in [1.29, 1.82) is 5.26 Å². The quantitative estimate of drug-likeness (QED) is 0.551. The maximum absolute atomic E-state index is 13.2. The zero-order valence-electron chi connectivity index (χ0n) is 17.0. The number of hydrogen-bond donors (Lipinski definition) is 0. The molecule has 29 heavy (non-hydrogen) atoms. The number of nitrogens with zero attached hydrogens (tertiary/aromatic N) is 2. The second-order valence-corrected chi connectivity index (χ2v) is 7.16. The van der Waals surface area contributed by atoms with Crippen LogP contribution >= 0.6 is 0 Å². The zero-order chi connectivity index (χ0) is 20.6. The van der Waals surface area contributed by atoms with Crippen molar-refractivity contribution in [3.8, 4) is 11.8 Å². The summed E-state index contributed by atoms with van der Waals surface area (Å²) in [6.07, 6.45) is 1.12. The Morgan fingerprint density at radius 1 is 1.03 bits per heavy atom. The van der Waals surface area contributed by atoms with Crippen molar-refractivity contribution in [2.75, 3.05) is 20.2 Å². The number of methoxy groups -OCH3 is 1. The maximum atomic E-state index is 13.2. The van der Waals surface area contributed by atoms with Crippen LogP contribution in [0.3, 0.4) is 0 Å². The number of carbonyl (C=O) groups is 1. The van der Waals surface area contributed by atoms with Gasteiger partial charge in [-0.2, -0.15) is 5.26 Å². The van der Waals surface area contributed by atoms with E-state index in [4.69, 9.17) is 10.00 Å². The number of ether oxygens (including phenoxy) is 1. The van der Waals surface area contributed by atoms with Gasteiger partial charge in [0, 0.05) is 13.1 Å². The Labute approximate surface area is 172 Å². The third-order valence-corrected chi connectivity index (χ3v) is 5.26. The normalized spacial score (nSPS) is 11.6. The standard InChI is InChI=1S/C25H26N2O2/c1-19(21-9-10-23-18-24(29-2)12-11-22(23)17-21)25(28)27(15-6-14-26)16-13-20-7-4-3-5-8-20/h3-5,7-12,17-19H,6,13,15-16H2,1-2H3. The summed E-state index contributed by atoms with van der Waals surface area (Å²) in [7, 11) is 1.65. The molecule has 3 aromatic carbocycles. The summed E-state index contributed by atoms with van der Waals surface area (Å²) in [5, 5.41) is 11.2. The molecule has 0 heterocycles. The fourth-order valence-electron chi connectivity index (χ4n) is 3.48. The Hall–Kier alpha value is -3.32. The van der Waals surface area contributed by atoms with Crippen LogP contribution in [0.1, 0.15) is 30.4 Å². The van der Waals surface area contributed by atoms with Crippen LogP contribution in [0.25, 0.3) is 10.8 Å². The van der Waals surface area contributed by atoms with Gasteiger partial charge in [-0.05, 0) is 47.4 Å². The van der Waals surface area contributed by atoms with Crippen molar-refractivity contribution in [2.24, 2.45) is 0 Å². The summed E-state index contributed by atoms with van der Waals surface area (Å²) in [4.78, 5) is 15.0. The molecule has 1 atom stereocenters. The lowest BCUT2D eigenvalue weighted by Gasteiger charge is -2.25. The first kappa shape index (κ1) is 20.4. The predicted molar refractivity (Wildman–Crippen MR) is 116 cm³/mol. The molecule has 0 saturated heterocycles. The van der Waals surface area contributed by atoms with Gasteiger partial charge in [0.15, 0.2) is 0 Å². The molecule has 1 unspecified atom stereocenters. The highest BCUT2D eigenvalue weighted by atomic mass is 16.5. The van der Waals surface area contributed by atoms with E-state index < -0.39 is 0 Å². The van der Waals surface area contributed by atoms with E-state index in [2.05, 4.69) is 24.3 Å². The topological polar surface area (TPSA) is 53.3 Å². The zero-order valence-corrected chi connectivity index (χ0v) is 17.0. The Morgan fingerprint density at radius 3 is 2.48 bits per heavy atom. The van der Waals surface area contributed by atoms with E-state index in [1.807, 2.05) is 60.4 Å². The summed E-state index contributed by atoms with van der Waals surface area (Å²) in [5.41, 5.74) is 2.17. The molecule has 148 valence electrons. The third-order valence-electron chi connectivity index (χ3n) is 5.26. The van der Waals surface area contributed by atoms with Crippen molar-refractivity contribution in [1.82, 2.24) is 4.90 Å². The third kappa shape index (κ3) is 5.14. The Kier molecular flexibility index (Phi) is 6.86. The smallest absolute Gasteiger partial charge is 0.229 e. The Bertz CT molecular complexity index is 1010. The largest absolute Gasteiger partial charge is 0.497 e. The molecular formula is C25H26N2O2. The number of nitriles is 1. The summed E-state index contributed by atoms with van der Waals surface area (Å²) in [6.45, 7) is 3.01. The molecule has 0 radical (unpaired) electrons. The second kappa shape index (κ2) is 9.75. The van der Waals surface area contributed by atoms with Gasteiger partial charge in [0.05, 0.1) is 25.5 Å². The monoisotopic (exact) mass is 386 g/mol. The van der Waals surface area contributed by atoms with Crippen LogP contribution in [-0.4, -0.2) is 31.0 Å². The molecule has 3 rings (SSSR count). The minimum atomic E-state index is -0.268. The molecule has 0 aliphatic rings. The first-order chi connectivity index (χ1) is 14.1. The van der Waals surface area contributed by atoms with E-state index in [0.717, 1.165) is 28.5 Å². The Morgan fingerprint density at radius 2 is 1.76 bits per heavy atom. The van der Waals surface area contributed by atoms with Crippen LogP contribution in [-0.2, 0) is 11.2 Å². The fourth-order valence-corrected chi connectivity index (χ4v) is 3.48. The lowest BCUT2D eigenvalue weighted by molar-refractivity contribution is -0.132. The van der Waals surface area contributed by atoms with Crippen molar-refractivity contribution in [2.45, 2.75) is 25.7 Å². The van der Waals surface area contributed by atoms with Gasteiger partial charge in [0.25, 0.3) is 0 Å². The average molecular weight is 386 g/mol. The highest BCUT2D eigenvalue weighted by Crippen LogP contribution is 2.26. The van der Waals surface area contributed by atoms with Crippen LogP contribution in [0.2, 0.25) is 0 Å². The number of carbonyl (C=O) groups excluding carboxylic acids is 1. The number of amides is 1. The summed E-state index contributed by atoms with van der Waals surface area (Å²) in [6, 6.07) is 24.3. The van der Waals surface area contributed by atoms with Crippen LogP contribution in [0.5, 0.6) is 5.75 Å². The maximum Gasteiger partial charge on any atom is 0.229 e. The first-order valence-corrected chi connectivity index (χ1v) is 9.89. The molecule has 4 heteroatoms. The number of fused-ring (bicyclic) bond motifs is 1. The van der Waals surface area contributed by atoms with Crippen LogP contribution < -0.4 is 4.74 Å². The minimum Gasteiger partial charge on any atom is -0.497 e. The van der Waals surface area contributed by atoms with E-state index in [1.165, 1.54) is 5.56 Å². The van der Waals surface area contributed by atoms with Crippen LogP contribution in [0.4, 0.5) is 0 Å². The van der Waals surface area contributed by atoms with Gasteiger partial charge in [-0.1, -0.05) is 54.6 Å². The summed E-state index contributed by atoms with van der Waals surface area (Å²) >= 11 is 0. The highest BCUT2D eigenvalue weighted by Gasteiger charge is 2.22. The molecule has 0 aromatic heterocycles. The number of rotatable bonds is 8. The average Bonchev–Trinajstić information content (AvgIpc) is 2.78. The summed E-state index contributed by atoms with van der Waals surface area (Å²) < 4.78 is 5.28. The molecule has 4 nitrogen and oxygen atoms in total. The lowest BCUT2D eigenvalue weighted by atomic mass is 9.96. The van der Waals surface area contributed by atoms with Crippen LogP contribution in [0.15, 0.2) is 66.7 Å². The lowest BCUT2D eigenvalue weighted by Crippen LogP contribution is -2.36. The molecule has 0 aliphatic carbocycles. The van der Waals surface area contributed by atoms with Crippen molar-refractivity contribution >= 4 is 16.7 Å². The molecule has 0 N–H and O–H groups in total. The molecule has 0 aliphatic heterocycles. The predicted octanol–water partition coefficient (Wildman–Crippen LogP) is 4.94. The molecule has 0 fully saturated rings. The Balaban J connectivity index is 1.76. The van der Waals surface area contributed by atoms with Gasteiger partial charge in [-0.3, -0.25) is 4.79 Å². The van der Waals surface area contributed by atoms with Crippen molar-refractivity contribution < 1.29 is 9.53 Å². The molecule has 0 spiro atoms. The number of hydrogen-bond acceptors (Lipinski definition) is 3. The van der Waals surface area contributed by atoms with Crippen molar-refractivity contribution in [3.05, 3.63) is 77.9 Å².